The lowest BCUT2D eigenvalue weighted by Crippen LogP contribution is -2.29. The minimum absolute atomic E-state index is 0.0869. The van der Waals surface area contributed by atoms with Gasteiger partial charge in [-0.1, -0.05) is 41.9 Å². The van der Waals surface area contributed by atoms with Crippen molar-refractivity contribution in [3.05, 3.63) is 70.9 Å². The fourth-order valence-corrected chi connectivity index (χ4v) is 3.10. The highest BCUT2D eigenvalue weighted by atomic mass is 35.5. The molecule has 0 bridgehead atoms. The Morgan fingerprint density at radius 3 is 2.62 bits per heavy atom. The number of halogens is 1. The van der Waals surface area contributed by atoms with Gasteiger partial charge in [0.25, 0.3) is 0 Å². The van der Waals surface area contributed by atoms with Gasteiger partial charge >= 0.3 is 0 Å². The number of hydrogen-bond donors (Lipinski definition) is 3. The SMILES string of the molecule is O=C(CCNCCc1ccc(Cl)cc1)NCCc1c[nH]c2ccccc12. The molecule has 0 unspecified atom stereocenters. The normalized spacial score (nSPS) is 11.0. The second kappa shape index (κ2) is 9.41. The van der Waals surface area contributed by atoms with E-state index < -0.39 is 0 Å². The van der Waals surface area contributed by atoms with Gasteiger partial charge in [-0.05, 0) is 48.7 Å². The molecule has 0 saturated heterocycles. The maximum atomic E-state index is 11.9. The first-order chi connectivity index (χ1) is 12.7. The van der Waals surface area contributed by atoms with E-state index >= 15 is 0 Å². The smallest absolute Gasteiger partial charge is 0.221 e. The quantitative estimate of drug-likeness (QED) is 0.504. The number of amides is 1. The van der Waals surface area contributed by atoms with Crippen LogP contribution in [0.2, 0.25) is 5.02 Å². The summed E-state index contributed by atoms with van der Waals surface area (Å²) in [6, 6.07) is 16.1. The number of aromatic nitrogens is 1. The largest absolute Gasteiger partial charge is 0.361 e. The van der Waals surface area contributed by atoms with Crippen LogP contribution in [0.25, 0.3) is 10.9 Å². The molecule has 5 heteroatoms. The predicted octanol–water partition coefficient (Wildman–Crippen LogP) is 3.70. The van der Waals surface area contributed by atoms with Crippen molar-refractivity contribution >= 4 is 28.4 Å². The van der Waals surface area contributed by atoms with E-state index in [1.807, 2.05) is 42.6 Å². The maximum Gasteiger partial charge on any atom is 0.221 e. The van der Waals surface area contributed by atoms with Gasteiger partial charge in [-0.25, -0.2) is 0 Å². The molecule has 3 N–H and O–H groups in total. The molecule has 0 fully saturated rings. The molecule has 1 heterocycles. The average Bonchev–Trinajstić information content (AvgIpc) is 3.06. The van der Waals surface area contributed by atoms with Crippen LogP contribution >= 0.6 is 11.6 Å². The van der Waals surface area contributed by atoms with Crippen molar-refractivity contribution in [1.29, 1.82) is 0 Å². The van der Waals surface area contributed by atoms with Gasteiger partial charge in [-0.3, -0.25) is 4.79 Å². The molecule has 0 aliphatic heterocycles. The van der Waals surface area contributed by atoms with E-state index in [0.29, 0.717) is 19.5 Å². The summed E-state index contributed by atoms with van der Waals surface area (Å²) in [5, 5.41) is 8.28. The first-order valence-electron chi connectivity index (χ1n) is 8.99. The van der Waals surface area contributed by atoms with Gasteiger partial charge in [0.15, 0.2) is 0 Å². The highest BCUT2D eigenvalue weighted by Crippen LogP contribution is 2.17. The fraction of sp³-hybridized carbons (Fsp3) is 0.286. The van der Waals surface area contributed by atoms with Crippen LogP contribution in [-0.2, 0) is 17.6 Å². The first-order valence-corrected chi connectivity index (χ1v) is 9.37. The lowest BCUT2D eigenvalue weighted by Gasteiger charge is -2.07. The Morgan fingerprint density at radius 1 is 0.962 bits per heavy atom. The van der Waals surface area contributed by atoms with Crippen LogP contribution in [0.4, 0.5) is 0 Å². The van der Waals surface area contributed by atoms with Crippen molar-refractivity contribution in [3.63, 3.8) is 0 Å². The minimum atomic E-state index is 0.0869. The van der Waals surface area contributed by atoms with Crippen LogP contribution in [0.1, 0.15) is 17.5 Å². The van der Waals surface area contributed by atoms with Crippen LogP contribution < -0.4 is 10.6 Å². The van der Waals surface area contributed by atoms with E-state index in [0.717, 1.165) is 29.9 Å². The van der Waals surface area contributed by atoms with Crippen LogP contribution in [0.3, 0.4) is 0 Å². The number of nitrogens with one attached hydrogen (secondary N) is 3. The third-order valence-corrected chi connectivity index (χ3v) is 4.68. The van der Waals surface area contributed by atoms with Gasteiger partial charge in [0.05, 0.1) is 0 Å². The van der Waals surface area contributed by atoms with Gasteiger partial charge in [-0.2, -0.15) is 0 Å². The van der Waals surface area contributed by atoms with Gasteiger partial charge < -0.3 is 15.6 Å². The Hall–Kier alpha value is -2.30. The van der Waals surface area contributed by atoms with Gasteiger partial charge in [0, 0.05) is 41.6 Å². The van der Waals surface area contributed by atoms with E-state index in [-0.39, 0.29) is 5.91 Å². The number of H-pyrrole nitrogens is 1. The third-order valence-electron chi connectivity index (χ3n) is 4.42. The van der Waals surface area contributed by atoms with E-state index in [1.165, 1.54) is 16.5 Å². The Morgan fingerprint density at radius 2 is 1.77 bits per heavy atom. The highest BCUT2D eigenvalue weighted by molar-refractivity contribution is 6.30. The van der Waals surface area contributed by atoms with E-state index in [4.69, 9.17) is 11.6 Å². The van der Waals surface area contributed by atoms with Crippen LogP contribution in [0, 0.1) is 0 Å². The van der Waals surface area contributed by atoms with Crippen LogP contribution in [0.15, 0.2) is 54.7 Å². The molecular weight excluding hydrogens is 346 g/mol. The molecule has 0 aliphatic rings. The number of carbonyl (C=O) groups excluding carboxylic acids is 1. The zero-order chi connectivity index (χ0) is 18.2. The molecule has 0 atom stereocenters. The van der Waals surface area contributed by atoms with Crippen molar-refractivity contribution in [2.75, 3.05) is 19.6 Å². The number of fused-ring (bicyclic) bond motifs is 1. The monoisotopic (exact) mass is 369 g/mol. The second-order valence-electron chi connectivity index (χ2n) is 6.34. The molecule has 1 amide bonds. The van der Waals surface area contributed by atoms with Crippen molar-refractivity contribution < 1.29 is 4.79 Å². The summed E-state index contributed by atoms with van der Waals surface area (Å²) in [5.74, 6) is 0.0869. The lowest BCUT2D eigenvalue weighted by atomic mass is 10.1. The van der Waals surface area contributed by atoms with E-state index in [2.05, 4.69) is 27.8 Å². The molecule has 136 valence electrons. The van der Waals surface area contributed by atoms with Gasteiger partial charge in [0.2, 0.25) is 5.91 Å². The lowest BCUT2D eigenvalue weighted by molar-refractivity contribution is -0.120. The minimum Gasteiger partial charge on any atom is -0.361 e. The van der Waals surface area contributed by atoms with Crippen molar-refractivity contribution in [2.24, 2.45) is 0 Å². The molecule has 2 aromatic carbocycles. The predicted molar refractivity (Wildman–Crippen MR) is 108 cm³/mol. The second-order valence-corrected chi connectivity index (χ2v) is 6.77. The summed E-state index contributed by atoms with van der Waals surface area (Å²) in [4.78, 5) is 15.2. The Labute approximate surface area is 158 Å². The summed E-state index contributed by atoms with van der Waals surface area (Å²) in [7, 11) is 0. The number of aromatic amines is 1. The molecule has 0 saturated carbocycles. The Bertz CT molecular complexity index is 842. The molecule has 4 nitrogen and oxygen atoms in total. The van der Waals surface area contributed by atoms with Crippen molar-refractivity contribution in [3.8, 4) is 0 Å². The summed E-state index contributed by atoms with van der Waals surface area (Å²) in [6.07, 6.45) is 4.28. The summed E-state index contributed by atoms with van der Waals surface area (Å²) in [5.41, 5.74) is 3.62. The van der Waals surface area contributed by atoms with E-state index in [9.17, 15) is 4.79 Å². The summed E-state index contributed by atoms with van der Waals surface area (Å²) >= 11 is 5.87. The maximum absolute atomic E-state index is 11.9. The van der Waals surface area contributed by atoms with Crippen LogP contribution in [0.5, 0.6) is 0 Å². The Kier molecular flexibility index (Phi) is 6.69. The molecule has 26 heavy (non-hydrogen) atoms. The summed E-state index contributed by atoms with van der Waals surface area (Å²) < 4.78 is 0. The number of carbonyl (C=O) groups is 1. The van der Waals surface area contributed by atoms with Crippen LogP contribution in [-0.4, -0.2) is 30.5 Å². The fourth-order valence-electron chi connectivity index (χ4n) is 2.97. The van der Waals surface area contributed by atoms with Gasteiger partial charge in [0.1, 0.15) is 0 Å². The van der Waals surface area contributed by atoms with Gasteiger partial charge in [-0.15, -0.1) is 0 Å². The van der Waals surface area contributed by atoms with Crippen molar-refractivity contribution in [1.82, 2.24) is 15.6 Å². The zero-order valence-electron chi connectivity index (χ0n) is 14.7. The van der Waals surface area contributed by atoms with E-state index in [1.54, 1.807) is 0 Å². The zero-order valence-corrected chi connectivity index (χ0v) is 15.5. The summed E-state index contributed by atoms with van der Waals surface area (Å²) in [6.45, 7) is 2.20. The Balaban J connectivity index is 1.29. The topological polar surface area (TPSA) is 56.9 Å². The highest BCUT2D eigenvalue weighted by Gasteiger charge is 2.04. The molecule has 0 radical (unpaired) electrons. The molecule has 3 rings (SSSR count). The molecule has 3 aromatic rings. The molecule has 0 aliphatic carbocycles. The number of para-hydroxylation sites is 1. The standard InChI is InChI=1S/C21H24ClN3O/c22-18-7-5-16(6-8-18)9-12-23-13-11-21(26)24-14-10-17-15-25-20-4-2-1-3-19(17)20/h1-8,15,23,25H,9-14H2,(H,24,26). The third kappa shape index (κ3) is 5.35. The number of hydrogen-bond acceptors (Lipinski definition) is 2. The molecule has 1 aromatic heterocycles. The molecular formula is C21H24ClN3O. The number of rotatable bonds is 9. The first kappa shape index (κ1) is 18.5. The average molecular weight is 370 g/mol. The number of benzene rings is 2. The van der Waals surface area contributed by atoms with Crippen molar-refractivity contribution in [2.45, 2.75) is 19.3 Å². The molecule has 0 spiro atoms.